The summed E-state index contributed by atoms with van der Waals surface area (Å²) in [6.45, 7) is 4.90. The maximum Gasteiger partial charge on any atom is 0.239 e. The molecule has 5 nitrogen and oxygen atoms in total. The number of benzene rings is 1. The Balaban J connectivity index is 2.05. The minimum atomic E-state index is -0.0179. The Hall–Kier alpha value is -1.59. The fourth-order valence-electron chi connectivity index (χ4n) is 2.98. The molecule has 1 saturated heterocycles. The van der Waals surface area contributed by atoms with E-state index in [0.29, 0.717) is 6.61 Å². The highest BCUT2D eigenvalue weighted by Crippen LogP contribution is 2.21. The van der Waals surface area contributed by atoms with E-state index in [4.69, 9.17) is 9.84 Å². The Morgan fingerprint density at radius 2 is 2.17 bits per heavy atom. The number of likely N-dealkylation sites (N-methyl/N-ethyl adjacent to an activating group) is 1. The topological polar surface area (TPSA) is 53.0 Å². The van der Waals surface area contributed by atoms with Crippen LogP contribution in [0.2, 0.25) is 0 Å². The van der Waals surface area contributed by atoms with Crippen molar-refractivity contribution in [3.05, 3.63) is 29.8 Å². The largest absolute Gasteiger partial charge is 0.491 e. The molecule has 1 fully saturated rings. The van der Waals surface area contributed by atoms with E-state index in [1.165, 1.54) is 0 Å². The van der Waals surface area contributed by atoms with Gasteiger partial charge in [-0.25, -0.2) is 0 Å². The van der Waals surface area contributed by atoms with Gasteiger partial charge in [0.1, 0.15) is 12.4 Å². The number of piperazine rings is 1. The molecular weight excluding hydrogens is 292 g/mol. The molecule has 0 spiro atoms. The summed E-state index contributed by atoms with van der Waals surface area (Å²) in [6.07, 6.45) is 3.09. The Kier molecular flexibility index (Phi) is 6.86. The molecule has 0 radical (unpaired) electrons. The summed E-state index contributed by atoms with van der Waals surface area (Å²) >= 11 is 0. The summed E-state index contributed by atoms with van der Waals surface area (Å²) < 4.78 is 5.47. The number of nitrogens with zero attached hydrogens (tertiary/aromatic N) is 2. The molecule has 1 aliphatic rings. The van der Waals surface area contributed by atoms with Crippen LogP contribution >= 0.6 is 0 Å². The normalized spacial score (nSPS) is 19.2. The van der Waals surface area contributed by atoms with E-state index in [2.05, 4.69) is 17.9 Å². The molecule has 1 aromatic carbocycles. The first-order valence-corrected chi connectivity index (χ1v) is 8.47. The summed E-state index contributed by atoms with van der Waals surface area (Å²) in [5, 5.41) is 8.85. The molecule has 1 amide bonds. The number of hydrogen-bond donors (Lipinski definition) is 1. The van der Waals surface area contributed by atoms with Crippen LogP contribution in [0.3, 0.4) is 0 Å². The van der Waals surface area contributed by atoms with Crippen LogP contribution in [0.4, 0.5) is 0 Å². The van der Waals surface area contributed by atoms with Gasteiger partial charge in [0.25, 0.3) is 0 Å². The van der Waals surface area contributed by atoms with Crippen LogP contribution in [0.5, 0.6) is 5.75 Å². The summed E-state index contributed by atoms with van der Waals surface area (Å²) in [7, 11) is 1.89. The van der Waals surface area contributed by atoms with E-state index in [1.54, 1.807) is 0 Å². The number of aliphatic hydroxyl groups is 1. The lowest BCUT2D eigenvalue weighted by Crippen LogP contribution is -2.55. The molecule has 1 atom stereocenters. The van der Waals surface area contributed by atoms with E-state index in [9.17, 15) is 4.79 Å². The van der Waals surface area contributed by atoms with E-state index in [1.807, 2.05) is 30.1 Å². The molecule has 1 heterocycles. The zero-order valence-corrected chi connectivity index (χ0v) is 14.2. The fourth-order valence-corrected chi connectivity index (χ4v) is 2.98. The van der Waals surface area contributed by atoms with E-state index < -0.39 is 0 Å². The number of aliphatic hydroxyl groups excluding tert-OH is 1. The number of amides is 1. The maximum atomic E-state index is 12.5. The highest BCUT2D eigenvalue weighted by Gasteiger charge is 2.32. The fraction of sp³-hybridized carbons (Fsp3) is 0.611. The van der Waals surface area contributed by atoms with Crippen molar-refractivity contribution in [2.75, 3.05) is 33.4 Å². The lowest BCUT2D eigenvalue weighted by Gasteiger charge is -2.39. The lowest BCUT2D eigenvalue weighted by molar-refractivity contribution is -0.140. The van der Waals surface area contributed by atoms with Gasteiger partial charge >= 0.3 is 0 Å². The van der Waals surface area contributed by atoms with Gasteiger partial charge in [0.15, 0.2) is 0 Å². The Labute approximate surface area is 138 Å². The van der Waals surface area contributed by atoms with Gasteiger partial charge in [0, 0.05) is 26.7 Å². The van der Waals surface area contributed by atoms with Gasteiger partial charge in [-0.1, -0.05) is 31.9 Å². The van der Waals surface area contributed by atoms with Crippen molar-refractivity contribution in [3.8, 4) is 5.75 Å². The number of hydrogen-bond acceptors (Lipinski definition) is 4. The standard InChI is InChI=1S/C18H28N2O3/c1-3-4-8-17-18(22)19(2)9-10-20(17)14-15-6-5-7-16(13-15)23-12-11-21/h5-7,13,17,21H,3-4,8-12,14H2,1-2H3/t17-/m1/s1. The molecule has 0 aliphatic carbocycles. The van der Waals surface area contributed by atoms with Crippen molar-refractivity contribution >= 4 is 5.91 Å². The number of ether oxygens (including phenoxy) is 1. The first kappa shape index (κ1) is 17.8. The van der Waals surface area contributed by atoms with Crippen molar-refractivity contribution in [3.63, 3.8) is 0 Å². The molecule has 1 aliphatic heterocycles. The monoisotopic (exact) mass is 320 g/mol. The maximum absolute atomic E-state index is 12.5. The highest BCUT2D eigenvalue weighted by atomic mass is 16.5. The summed E-state index contributed by atoms with van der Waals surface area (Å²) in [6, 6.07) is 7.89. The third-order valence-corrected chi connectivity index (χ3v) is 4.30. The summed E-state index contributed by atoms with van der Waals surface area (Å²) in [4.78, 5) is 16.6. The van der Waals surface area contributed by atoms with E-state index >= 15 is 0 Å². The Morgan fingerprint density at radius 3 is 2.91 bits per heavy atom. The second-order valence-electron chi connectivity index (χ2n) is 6.11. The third-order valence-electron chi connectivity index (χ3n) is 4.30. The van der Waals surface area contributed by atoms with Crippen molar-refractivity contribution in [2.24, 2.45) is 0 Å². The van der Waals surface area contributed by atoms with Crippen molar-refractivity contribution in [1.82, 2.24) is 9.80 Å². The molecule has 128 valence electrons. The quantitative estimate of drug-likeness (QED) is 0.795. The van der Waals surface area contributed by atoms with Crippen LogP contribution < -0.4 is 4.74 Å². The molecule has 5 heteroatoms. The molecular formula is C18H28N2O3. The van der Waals surface area contributed by atoms with Gasteiger partial charge in [0.2, 0.25) is 5.91 Å². The van der Waals surface area contributed by atoms with E-state index in [0.717, 1.165) is 50.2 Å². The minimum Gasteiger partial charge on any atom is -0.491 e. The molecule has 2 rings (SSSR count). The average molecular weight is 320 g/mol. The first-order valence-electron chi connectivity index (χ1n) is 8.47. The van der Waals surface area contributed by atoms with E-state index in [-0.39, 0.29) is 18.6 Å². The van der Waals surface area contributed by atoms with Gasteiger partial charge < -0.3 is 14.7 Å². The lowest BCUT2D eigenvalue weighted by atomic mass is 10.0. The van der Waals surface area contributed by atoms with Crippen molar-refractivity contribution < 1.29 is 14.6 Å². The second-order valence-corrected chi connectivity index (χ2v) is 6.11. The Bertz CT molecular complexity index is 507. The van der Waals surface area contributed by atoms with Crippen LogP contribution in [0, 0.1) is 0 Å². The Morgan fingerprint density at radius 1 is 1.35 bits per heavy atom. The molecule has 1 N–H and O–H groups in total. The average Bonchev–Trinajstić information content (AvgIpc) is 2.56. The SMILES string of the molecule is CCCC[C@@H]1C(=O)N(C)CCN1Cc1cccc(OCCO)c1. The molecule has 0 unspecified atom stereocenters. The number of carbonyl (C=O) groups excluding carboxylic acids is 1. The molecule has 0 saturated carbocycles. The van der Waals surface area contributed by atoms with Gasteiger partial charge in [-0.05, 0) is 24.1 Å². The summed E-state index contributed by atoms with van der Waals surface area (Å²) in [5.74, 6) is 1.000. The minimum absolute atomic E-state index is 0.0102. The molecule has 23 heavy (non-hydrogen) atoms. The zero-order chi connectivity index (χ0) is 16.7. The number of rotatable bonds is 8. The van der Waals surface area contributed by atoms with Crippen LogP contribution in [-0.4, -0.2) is 60.2 Å². The second kappa shape index (κ2) is 8.89. The van der Waals surface area contributed by atoms with Gasteiger partial charge in [0.05, 0.1) is 12.6 Å². The van der Waals surface area contributed by atoms with Crippen LogP contribution in [0.15, 0.2) is 24.3 Å². The van der Waals surface area contributed by atoms with Crippen molar-refractivity contribution in [1.29, 1.82) is 0 Å². The number of unbranched alkanes of at least 4 members (excludes halogenated alkanes) is 1. The number of carbonyl (C=O) groups is 1. The van der Waals surface area contributed by atoms with Gasteiger partial charge in [-0.15, -0.1) is 0 Å². The van der Waals surface area contributed by atoms with Crippen LogP contribution in [-0.2, 0) is 11.3 Å². The van der Waals surface area contributed by atoms with Crippen molar-refractivity contribution in [2.45, 2.75) is 38.8 Å². The zero-order valence-electron chi connectivity index (χ0n) is 14.2. The van der Waals surface area contributed by atoms with Gasteiger partial charge in [-0.2, -0.15) is 0 Å². The third kappa shape index (κ3) is 4.94. The van der Waals surface area contributed by atoms with Crippen LogP contribution in [0.1, 0.15) is 31.7 Å². The smallest absolute Gasteiger partial charge is 0.239 e. The highest BCUT2D eigenvalue weighted by molar-refractivity contribution is 5.82. The predicted octanol–water partition coefficient (Wildman–Crippen LogP) is 1.89. The molecule has 1 aromatic rings. The predicted molar refractivity (Wildman–Crippen MR) is 90.4 cm³/mol. The van der Waals surface area contributed by atoms with Gasteiger partial charge in [-0.3, -0.25) is 9.69 Å². The van der Waals surface area contributed by atoms with Crippen LogP contribution in [0.25, 0.3) is 0 Å². The first-order chi connectivity index (χ1) is 11.2. The molecule has 0 aromatic heterocycles. The molecule has 0 bridgehead atoms. The summed E-state index contributed by atoms with van der Waals surface area (Å²) in [5.41, 5.74) is 1.14.